The highest BCUT2D eigenvalue weighted by molar-refractivity contribution is 5.27. The first kappa shape index (κ1) is 13.7. The smallest absolute Gasteiger partial charge is 0.0912 e. The van der Waals surface area contributed by atoms with Crippen molar-refractivity contribution < 1.29 is 0 Å². The van der Waals surface area contributed by atoms with E-state index in [-0.39, 0.29) is 0 Å². The van der Waals surface area contributed by atoms with E-state index in [1.165, 1.54) is 37.5 Å². The van der Waals surface area contributed by atoms with Crippen LogP contribution in [0.25, 0.3) is 0 Å². The average molecular weight is 230 g/mol. The Morgan fingerprint density at radius 2 is 2.35 bits per heavy atom. The lowest BCUT2D eigenvalue weighted by atomic mass is 10.1. The van der Waals surface area contributed by atoms with Gasteiger partial charge in [0.15, 0.2) is 0 Å². The van der Waals surface area contributed by atoms with Crippen LogP contribution in [-0.2, 0) is 0 Å². The minimum Gasteiger partial charge on any atom is -0.296 e. The molecule has 0 saturated carbocycles. The first-order valence-electron chi connectivity index (χ1n) is 6.43. The van der Waals surface area contributed by atoms with E-state index in [9.17, 15) is 0 Å². The molecule has 0 aromatic carbocycles. The summed E-state index contributed by atoms with van der Waals surface area (Å²) < 4.78 is 0. The molecule has 92 valence electrons. The van der Waals surface area contributed by atoms with Gasteiger partial charge in [-0.05, 0) is 38.3 Å². The maximum atomic E-state index is 8.48. The van der Waals surface area contributed by atoms with Crippen molar-refractivity contribution in [3.05, 3.63) is 36.0 Å². The fourth-order valence-electron chi connectivity index (χ4n) is 2.39. The number of rotatable bonds is 5. The molecule has 1 aliphatic heterocycles. The summed E-state index contributed by atoms with van der Waals surface area (Å²) in [5.74, 6) is 0. The third-order valence-electron chi connectivity index (χ3n) is 3.22. The van der Waals surface area contributed by atoms with Crippen molar-refractivity contribution in [1.82, 2.24) is 4.90 Å². The Bertz CT molecular complexity index is 344. The minimum absolute atomic E-state index is 0.739. The lowest BCUT2D eigenvalue weighted by molar-refractivity contribution is 0.271. The number of hydrogen-bond donors (Lipinski definition) is 0. The first-order valence-corrected chi connectivity index (χ1v) is 6.43. The standard InChI is InChI=1S/C15H22N2/c1-3-8-14(9-5-6-11-16)13-17-12-7-10-15(17)4-2/h3,5-6,8-9,15H,4,7,10,12-13H2,1-2H3/b6-5+,8-3-,14-9+/t15-/m0/s1. The molecule has 0 aromatic heterocycles. The molecule has 1 atom stereocenters. The molecule has 1 aliphatic rings. The molecule has 0 spiro atoms. The van der Waals surface area contributed by atoms with Crippen LogP contribution in [0, 0.1) is 11.3 Å². The molecule has 0 amide bonds. The van der Waals surface area contributed by atoms with E-state index >= 15 is 0 Å². The minimum atomic E-state index is 0.739. The van der Waals surface area contributed by atoms with Crippen molar-refractivity contribution in [2.24, 2.45) is 0 Å². The number of nitriles is 1. The maximum absolute atomic E-state index is 8.48. The van der Waals surface area contributed by atoms with Crippen LogP contribution in [0.2, 0.25) is 0 Å². The summed E-state index contributed by atoms with van der Waals surface area (Å²) in [5, 5.41) is 8.48. The maximum Gasteiger partial charge on any atom is 0.0912 e. The van der Waals surface area contributed by atoms with Crippen molar-refractivity contribution in [2.75, 3.05) is 13.1 Å². The van der Waals surface area contributed by atoms with Gasteiger partial charge in [0, 0.05) is 18.7 Å². The van der Waals surface area contributed by atoms with Crippen LogP contribution in [0.4, 0.5) is 0 Å². The molecular formula is C15H22N2. The molecule has 2 nitrogen and oxygen atoms in total. The molecular weight excluding hydrogens is 208 g/mol. The third-order valence-corrected chi connectivity index (χ3v) is 3.22. The SMILES string of the molecule is C\C=C/C(=C\C=C\C#N)CN1CCC[C@@H]1CC. The fraction of sp³-hybridized carbons (Fsp3) is 0.533. The topological polar surface area (TPSA) is 27.0 Å². The highest BCUT2D eigenvalue weighted by Crippen LogP contribution is 2.21. The summed E-state index contributed by atoms with van der Waals surface area (Å²) in [7, 11) is 0. The van der Waals surface area contributed by atoms with Gasteiger partial charge in [-0.15, -0.1) is 0 Å². The zero-order chi connectivity index (χ0) is 12.5. The summed E-state index contributed by atoms with van der Waals surface area (Å²) in [5.41, 5.74) is 1.28. The lowest BCUT2D eigenvalue weighted by Gasteiger charge is -2.23. The van der Waals surface area contributed by atoms with Crippen LogP contribution in [0.5, 0.6) is 0 Å². The summed E-state index contributed by atoms with van der Waals surface area (Å²) in [6.45, 7) is 6.49. The molecule has 1 saturated heterocycles. The van der Waals surface area contributed by atoms with Crippen LogP contribution in [0.15, 0.2) is 36.0 Å². The van der Waals surface area contributed by atoms with E-state index in [1.807, 2.05) is 25.1 Å². The zero-order valence-corrected chi connectivity index (χ0v) is 10.9. The summed E-state index contributed by atoms with van der Waals surface area (Å²) >= 11 is 0. The van der Waals surface area contributed by atoms with Crippen LogP contribution < -0.4 is 0 Å². The van der Waals surface area contributed by atoms with Crippen molar-refractivity contribution in [2.45, 2.75) is 39.2 Å². The predicted molar refractivity (Wildman–Crippen MR) is 72.5 cm³/mol. The zero-order valence-electron chi connectivity index (χ0n) is 10.9. The van der Waals surface area contributed by atoms with Gasteiger partial charge in [0.1, 0.15) is 0 Å². The lowest BCUT2D eigenvalue weighted by Crippen LogP contribution is -2.30. The molecule has 1 heterocycles. The second-order valence-corrected chi connectivity index (χ2v) is 4.40. The highest BCUT2D eigenvalue weighted by atomic mass is 15.2. The van der Waals surface area contributed by atoms with E-state index in [4.69, 9.17) is 5.26 Å². The van der Waals surface area contributed by atoms with E-state index in [1.54, 1.807) is 0 Å². The largest absolute Gasteiger partial charge is 0.296 e. The van der Waals surface area contributed by atoms with E-state index in [0.717, 1.165) is 12.6 Å². The number of hydrogen-bond acceptors (Lipinski definition) is 2. The third kappa shape index (κ3) is 4.58. The molecule has 2 heteroatoms. The monoisotopic (exact) mass is 230 g/mol. The van der Waals surface area contributed by atoms with E-state index < -0.39 is 0 Å². The quantitative estimate of drug-likeness (QED) is 0.534. The van der Waals surface area contributed by atoms with Gasteiger partial charge in [-0.25, -0.2) is 0 Å². The van der Waals surface area contributed by atoms with Gasteiger partial charge in [-0.3, -0.25) is 4.90 Å². The normalized spacial score (nSPS) is 22.6. The van der Waals surface area contributed by atoms with Crippen LogP contribution >= 0.6 is 0 Å². The molecule has 0 aliphatic carbocycles. The van der Waals surface area contributed by atoms with Gasteiger partial charge in [-0.2, -0.15) is 5.26 Å². The van der Waals surface area contributed by atoms with Crippen molar-refractivity contribution in [3.8, 4) is 6.07 Å². The Morgan fingerprint density at radius 3 is 3.00 bits per heavy atom. The molecule has 1 fully saturated rings. The molecule has 0 unspecified atom stereocenters. The molecule has 0 bridgehead atoms. The van der Waals surface area contributed by atoms with Gasteiger partial charge >= 0.3 is 0 Å². The van der Waals surface area contributed by atoms with Gasteiger partial charge in [-0.1, -0.05) is 31.2 Å². The van der Waals surface area contributed by atoms with Gasteiger partial charge < -0.3 is 0 Å². The Morgan fingerprint density at radius 1 is 1.53 bits per heavy atom. The molecule has 1 rings (SSSR count). The summed E-state index contributed by atoms with van der Waals surface area (Å²) in [6, 6.07) is 2.76. The number of nitrogens with zero attached hydrogens (tertiary/aromatic N) is 2. The second-order valence-electron chi connectivity index (χ2n) is 4.40. The van der Waals surface area contributed by atoms with E-state index in [2.05, 4.69) is 24.0 Å². The molecule has 0 radical (unpaired) electrons. The van der Waals surface area contributed by atoms with Gasteiger partial charge in [0.2, 0.25) is 0 Å². The molecule has 17 heavy (non-hydrogen) atoms. The molecule has 0 N–H and O–H groups in total. The van der Waals surface area contributed by atoms with Crippen molar-refractivity contribution in [1.29, 1.82) is 5.26 Å². The fourth-order valence-corrected chi connectivity index (χ4v) is 2.39. The Labute approximate surface area is 105 Å². The van der Waals surface area contributed by atoms with Gasteiger partial charge in [0.25, 0.3) is 0 Å². The Hall–Kier alpha value is -1.33. The van der Waals surface area contributed by atoms with Crippen LogP contribution in [-0.4, -0.2) is 24.0 Å². The molecule has 0 aromatic rings. The van der Waals surface area contributed by atoms with Gasteiger partial charge in [0.05, 0.1) is 6.07 Å². The predicted octanol–water partition coefficient (Wildman–Crippen LogP) is 3.44. The first-order chi connectivity index (χ1) is 8.31. The van der Waals surface area contributed by atoms with Crippen LogP contribution in [0.1, 0.15) is 33.1 Å². The van der Waals surface area contributed by atoms with Crippen LogP contribution in [0.3, 0.4) is 0 Å². The summed E-state index contributed by atoms with van der Waals surface area (Å²) in [6.07, 6.45) is 13.4. The Balaban J connectivity index is 2.63. The number of likely N-dealkylation sites (tertiary alicyclic amines) is 1. The van der Waals surface area contributed by atoms with Crippen molar-refractivity contribution in [3.63, 3.8) is 0 Å². The van der Waals surface area contributed by atoms with Crippen molar-refractivity contribution >= 4 is 0 Å². The average Bonchev–Trinajstić information content (AvgIpc) is 2.77. The second kappa shape index (κ2) is 7.86. The summed E-state index contributed by atoms with van der Waals surface area (Å²) in [4.78, 5) is 2.55. The Kier molecular flexibility index (Phi) is 6.35. The highest BCUT2D eigenvalue weighted by Gasteiger charge is 2.22. The van der Waals surface area contributed by atoms with E-state index in [0.29, 0.717) is 0 Å². The number of allylic oxidation sites excluding steroid dienone is 4.